The van der Waals surface area contributed by atoms with Gasteiger partial charge >= 0.3 is 0 Å². The van der Waals surface area contributed by atoms with E-state index in [1.807, 2.05) is 42.5 Å². The number of carbonyl (C=O) groups is 1. The van der Waals surface area contributed by atoms with Crippen LogP contribution in [0.5, 0.6) is 5.75 Å². The summed E-state index contributed by atoms with van der Waals surface area (Å²) in [6, 6.07) is 13.8. The van der Waals surface area contributed by atoms with Gasteiger partial charge in [0, 0.05) is 6.54 Å². The maximum absolute atomic E-state index is 11.7. The number of fused-ring (bicyclic) bond motifs is 1. The fraction of sp³-hybridized carbons (Fsp3) is 0.188. The molecule has 19 heavy (non-hydrogen) atoms. The molecule has 0 spiro atoms. The lowest BCUT2D eigenvalue weighted by molar-refractivity contribution is -0.127. The molecular weight excluding hydrogens is 238 g/mol. The Hall–Kier alpha value is -2.29. The van der Waals surface area contributed by atoms with Gasteiger partial charge in [-0.05, 0) is 29.8 Å². The number of amides is 1. The molecule has 0 saturated carbocycles. The summed E-state index contributed by atoms with van der Waals surface area (Å²) in [6.07, 6.45) is 1.11. The van der Waals surface area contributed by atoms with Crippen LogP contribution in [-0.2, 0) is 4.79 Å². The van der Waals surface area contributed by atoms with Crippen molar-refractivity contribution in [1.82, 2.24) is 5.32 Å². The molecular formula is C16H17NO2. The number of hydrogen-bond donors (Lipinski definition) is 1. The Morgan fingerprint density at radius 3 is 2.79 bits per heavy atom. The summed E-state index contributed by atoms with van der Waals surface area (Å²) in [4.78, 5) is 11.7. The van der Waals surface area contributed by atoms with Crippen molar-refractivity contribution in [2.24, 2.45) is 0 Å². The molecule has 1 N–H and O–H groups in total. The van der Waals surface area contributed by atoms with E-state index in [9.17, 15) is 4.79 Å². The average Bonchev–Trinajstić information content (AvgIpc) is 2.44. The highest BCUT2D eigenvalue weighted by atomic mass is 16.5. The van der Waals surface area contributed by atoms with Crippen molar-refractivity contribution in [3.63, 3.8) is 0 Å². The van der Waals surface area contributed by atoms with Gasteiger partial charge < -0.3 is 10.1 Å². The van der Waals surface area contributed by atoms with Crippen LogP contribution in [0.1, 0.15) is 6.92 Å². The molecule has 1 atom stereocenters. The molecule has 0 aliphatic carbocycles. The second kappa shape index (κ2) is 6.05. The quantitative estimate of drug-likeness (QED) is 0.834. The molecule has 3 nitrogen and oxygen atoms in total. The van der Waals surface area contributed by atoms with Crippen LogP contribution in [0.2, 0.25) is 0 Å². The first kappa shape index (κ1) is 13.1. The SMILES string of the molecule is C=CCNC(=O)[C@@H](C)Oc1ccc2ccccc2c1. The van der Waals surface area contributed by atoms with Gasteiger partial charge in [0.25, 0.3) is 5.91 Å². The predicted octanol–water partition coefficient (Wildman–Crippen LogP) is 2.91. The Labute approximate surface area is 112 Å². The smallest absolute Gasteiger partial charge is 0.261 e. The van der Waals surface area contributed by atoms with Gasteiger partial charge in [-0.25, -0.2) is 0 Å². The minimum atomic E-state index is -0.527. The van der Waals surface area contributed by atoms with Gasteiger partial charge in [-0.2, -0.15) is 0 Å². The largest absolute Gasteiger partial charge is 0.481 e. The van der Waals surface area contributed by atoms with Crippen molar-refractivity contribution in [1.29, 1.82) is 0 Å². The van der Waals surface area contributed by atoms with Crippen LogP contribution in [0.4, 0.5) is 0 Å². The zero-order valence-corrected chi connectivity index (χ0v) is 10.9. The number of benzene rings is 2. The van der Waals surface area contributed by atoms with Gasteiger partial charge in [0.15, 0.2) is 6.10 Å². The van der Waals surface area contributed by atoms with E-state index in [0.717, 1.165) is 10.8 Å². The molecule has 0 aliphatic rings. The molecule has 0 bridgehead atoms. The first-order valence-electron chi connectivity index (χ1n) is 6.25. The monoisotopic (exact) mass is 255 g/mol. The molecule has 0 aliphatic heterocycles. The molecule has 0 aromatic heterocycles. The van der Waals surface area contributed by atoms with Crippen molar-refractivity contribution < 1.29 is 9.53 Å². The lowest BCUT2D eigenvalue weighted by atomic mass is 10.1. The third kappa shape index (κ3) is 3.35. The Bertz CT molecular complexity index is 592. The normalized spacial score (nSPS) is 11.8. The van der Waals surface area contributed by atoms with E-state index in [4.69, 9.17) is 4.74 Å². The molecule has 0 fully saturated rings. The number of ether oxygens (including phenoxy) is 1. The predicted molar refractivity (Wildman–Crippen MR) is 77.2 cm³/mol. The van der Waals surface area contributed by atoms with Crippen LogP contribution in [0, 0.1) is 0 Å². The van der Waals surface area contributed by atoms with E-state index < -0.39 is 6.10 Å². The van der Waals surface area contributed by atoms with Crippen molar-refractivity contribution >= 4 is 16.7 Å². The van der Waals surface area contributed by atoms with E-state index in [2.05, 4.69) is 11.9 Å². The van der Waals surface area contributed by atoms with Crippen molar-refractivity contribution in [2.45, 2.75) is 13.0 Å². The molecule has 0 saturated heterocycles. The Morgan fingerprint density at radius 2 is 2.05 bits per heavy atom. The van der Waals surface area contributed by atoms with Crippen LogP contribution in [0.15, 0.2) is 55.1 Å². The van der Waals surface area contributed by atoms with Gasteiger partial charge in [0.05, 0.1) is 0 Å². The Kier molecular flexibility index (Phi) is 4.18. The average molecular weight is 255 g/mol. The van der Waals surface area contributed by atoms with Gasteiger partial charge in [-0.15, -0.1) is 6.58 Å². The number of carbonyl (C=O) groups excluding carboxylic acids is 1. The molecule has 2 aromatic carbocycles. The molecule has 3 heteroatoms. The zero-order valence-electron chi connectivity index (χ0n) is 10.9. The van der Waals surface area contributed by atoms with E-state index >= 15 is 0 Å². The minimum absolute atomic E-state index is 0.145. The molecule has 2 aromatic rings. The summed E-state index contributed by atoms with van der Waals surface area (Å²) in [5.41, 5.74) is 0. The van der Waals surface area contributed by atoms with E-state index in [0.29, 0.717) is 12.3 Å². The fourth-order valence-corrected chi connectivity index (χ4v) is 1.81. The Balaban J connectivity index is 2.08. The molecule has 0 heterocycles. The maximum Gasteiger partial charge on any atom is 0.261 e. The van der Waals surface area contributed by atoms with Crippen molar-refractivity contribution in [3.05, 3.63) is 55.1 Å². The third-order valence-corrected chi connectivity index (χ3v) is 2.82. The fourth-order valence-electron chi connectivity index (χ4n) is 1.81. The Morgan fingerprint density at radius 1 is 1.32 bits per heavy atom. The maximum atomic E-state index is 11.7. The van der Waals surface area contributed by atoms with Crippen LogP contribution >= 0.6 is 0 Å². The highest BCUT2D eigenvalue weighted by Gasteiger charge is 2.13. The third-order valence-electron chi connectivity index (χ3n) is 2.82. The van der Waals surface area contributed by atoms with E-state index in [1.165, 1.54) is 0 Å². The molecule has 98 valence electrons. The highest BCUT2D eigenvalue weighted by Crippen LogP contribution is 2.21. The first-order valence-corrected chi connectivity index (χ1v) is 6.25. The second-order valence-corrected chi connectivity index (χ2v) is 4.30. The van der Waals surface area contributed by atoms with Gasteiger partial charge in [0.1, 0.15) is 5.75 Å². The van der Waals surface area contributed by atoms with Crippen LogP contribution in [0.3, 0.4) is 0 Å². The summed E-state index contributed by atoms with van der Waals surface area (Å²) < 4.78 is 5.63. The second-order valence-electron chi connectivity index (χ2n) is 4.30. The lowest BCUT2D eigenvalue weighted by Gasteiger charge is -2.14. The van der Waals surface area contributed by atoms with Gasteiger partial charge in [-0.3, -0.25) is 4.79 Å². The van der Waals surface area contributed by atoms with Crippen molar-refractivity contribution in [2.75, 3.05) is 6.54 Å². The van der Waals surface area contributed by atoms with Crippen LogP contribution in [-0.4, -0.2) is 18.6 Å². The summed E-state index contributed by atoms with van der Waals surface area (Å²) in [6.45, 7) is 5.73. The number of hydrogen-bond acceptors (Lipinski definition) is 2. The summed E-state index contributed by atoms with van der Waals surface area (Å²) in [5, 5.41) is 4.96. The first-order chi connectivity index (χ1) is 9.20. The molecule has 2 rings (SSSR count). The van der Waals surface area contributed by atoms with E-state index in [-0.39, 0.29) is 5.91 Å². The number of nitrogens with one attached hydrogen (secondary N) is 1. The van der Waals surface area contributed by atoms with Crippen LogP contribution < -0.4 is 10.1 Å². The lowest BCUT2D eigenvalue weighted by Crippen LogP contribution is -2.36. The summed E-state index contributed by atoms with van der Waals surface area (Å²) in [7, 11) is 0. The summed E-state index contributed by atoms with van der Waals surface area (Å²) >= 11 is 0. The van der Waals surface area contributed by atoms with Crippen LogP contribution in [0.25, 0.3) is 10.8 Å². The number of rotatable bonds is 5. The van der Waals surface area contributed by atoms with Crippen molar-refractivity contribution in [3.8, 4) is 5.75 Å². The molecule has 1 amide bonds. The minimum Gasteiger partial charge on any atom is -0.481 e. The van der Waals surface area contributed by atoms with Gasteiger partial charge in [0.2, 0.25) is 0 Å². The summed E-state index contributed by atoms with van der Waals surface area (Å²) in [5.74, 6) is 0.549. The topological polar surface area (TPSA) is 38.3 Å². The highest BCUT2D eigenvalue weighted by molar-refractivity contribution is 5.84. The van der Waals surface area contributed by atoms with E-state index in [1.54, 1.807) is 13.0 Å². The standard InChI is InChI=1S/C16H17NO2/c1-3-10-17-16(18)12(2)19-15-9-8-13-6-4-5-7-14(13)11-15/h3-9,11-12H,1,10H2,2H3,(H,17,18)/t12-/m1/s1. The molecule has 0 radical (unpaired) electrons. The van der Waals surface area contributed by atoms with Gasteiger partial charge in [-0.1, -0.05) is 36.4 Å². The molecule has 0 unspecified atom stereocenters. The zero-order chi connectivity index (χ0) is 13.7.